The number of carbonyl (C=O) groups excluding carboxylic acids is 1. The van der Waals surface area contributed by atoms with E-state index in [0.29, 0.717) is 25.7 Å². The number of hydrogen-bond acceptors (Lipinski definition) is 3. The molecule has 2 unspecified atom stereocenters. The zero-order valence-corrected chi connectivity index (χ0v) is 14.4. The van der Waals surface area contributed by atoms with E-state index in [-0.39, 0.29) is 12.4 Å². The number of hydrogen-bond donors (Lipinski definition) is 2. The monoisotopic (exact) mass is 355 g/mol. The number of para-hydroxylation sites is 1. The number of carboxylic acid groups (broad SMARTS) is 1. The molecule has 2 rings (SSSR count). The van der Waals surface area contributed by atoms with Crippen LogP contribution in [0.15, 0.2) is 24.3 Å². The smallest absolute Gasteiger partial charge is 0.353 e. The van der Waals surface area contributed by atoms with Gasteiger partial charge in [-0.05, 0) is 38.8 Å². The molecule has 0 saturated heterocycles. The molecule has 7 heteroatoms. The summed E-state index contributed by atoms with van der Waals surface area (Å²) in [4.78, 5) is 23.8. The number of halogens is 2. The minimum Gasteiger partial charge on any atom is -0.493 e. The molecule has 1 aromatic carbocycles. The molecule has 0 bridgehead atoms. The predicted molar refractivity (Wildman–Crippen MR) is 87.6 cm³/mol. The van der Waals surface area contributed by atoms with Gasteiger partial charge in [-0.2, -0.15) is 8.78 Å². The van der Waals surface area contributed by atoms with E-state index in [2.05, 4.69) is 5.32 Å². The number of nitrogens with one attached hydrogen (secondary N) is 1. The first-order valence-corrected chi connectivity index (χ1v) is 8.38. The van der Waals surface area contributed by atoms with Crippen LogP contribution in [0.2, 0.25) is 0 Å². The van der Waals surface area contributed by atoms with Gasteiger partial charge in [0, 0.05) is 0 Å². The quantitative estimate of drug-likeness (QED) is 0.821. The summed E-state index contributed by atoms with van der Waals surface area (Å²) in [7, 11) is 0. The van der Waals surface area contributed by atoms with E-state index in [1.165, 1.54) is 19.1 Å². The van der Waals surface area contributed by atoms with Crippen molar-refractivity contribution < 1.29 is 28.2 Å². The van der Waals surface area contributed by atoms with Crippen LogP contribution >= 0.6 is 0 Å². The van der Waals surface area contributed by atoms with Gasteiger partial charge >= 0.3 is 11.9 Å². The maximum Gasteiger partial charge on any atom is 0.353 e. The first-order valence-electron chi connectivity index (χ1n) is 8.38. The van der Waals surface area contributed by atoms with Crippen LogP contribution in [0, 0.1) is 5.92 Å². The lowest BCUT2D eigenvalue weighted by atomic mass is 9.73. The second kappa shape index (κ2) is 7.37. The van der Waals surface area contributed by atoms with E-state index in [9.17, 15) is 23.5 Å². The van der Waals surface area contributed by atoms with E-state index < -0.39 is 34.8 Å². The van der Waals surface area contributed by atoms with Gasteiger partial charge in [-0.25, -0.2) is 0 Å². The molecule has 138 valence electrons. The molecule has 0 radical (unpaired) electrons. The first-order chi connectivity index (χ1) is 11.7. The number of alkyl halides is 2. The summed E-state index contributed by atoms with van der Waals surface area (Å²) in [6, 6.07) is 5.47. The Hall–Kier alpha value is -2.18. The fraction of sp³-hybridized carbons (Fsp3) is 0.556. The van der Waals surface area contributed by atoms with Gasteiger partial charge in [0.1, 0.15) is 5.75 Å². The van der Waals surface area contributed by atoms with Gasteiger partial charge in [0.2, 0.25) is 0 Å². The number of rotatable bonds is 6. The fourth-order valence-electron chi connectivity index (χ4n) is 3.35. The van der Waals surface area contributed by atoms with Crippen LogP contribution in [0.25, 0.3) is 0 Å². The van der Waals surface area contributed by atoms with Crippen molar-refractivity contribution in [2.75, 3.05) is 6.61 Å². The Morgan fingerprint density at radius 2 is 2.04 bits per heavy atom. The molecule has 5 nitrogen and oxygen atoms in total. The van der Waals surface area contributed by atoms with Crippen molar-refractivity contribution in [3.63, 3.8) is 0 Å². The van der Waals surface area contributed by atoms with Crippen LogP contribution in [0.1, 0.15) is 45.1 Å². The average molecular weight is 355 g/mol. The Kier molecular flexibility index (Phi) is 5.65. The maximum absolute atomic E-state index is 14.7. The Balaban J connectivity index is 2.28. The van der Waals surface area contributed by atoms with E-state index in [1.54, 1.807) is 13.0 Å². The van der Waals surface area contributed by atoms with Crippen LogP contribution in [0.3, 0.4) is 0 Å². The Morgan fingerprint density at radius 1 is 1.36 bits per heavy atom. The van der Waals surface area contributed by atoms with Gasteiger partial charge in [0.15, 0.2) is 0 Å². The average Bonchev–Trinajstić information content (AvgIpc) is 2.55. The minimum absolute atomic E-state index is 0.0614. The van der Waals surface area contributed by atoms with Crippen molar-refractivity contribution >= 4 is 11.9 Å². The summed E-state index contributed by atoms with van der Waals surface area (Å²) in [6.45, 7) is 3.37. The Labute approximate surface area is 145 Å². The molecule has 1 saturated carbocycles. The molecule has 0 aliphatic heterocycles. The molecule has 1 aromatic rings. The summed E-state index contributed by atoms with van der Waals surface area (Å²) >= 11 is 0. The third-order valence-corrected chi connectivity index (χ3v) is 4.72. The molecule has 25 heavy (non-hydrogen) atoms. The first kappa shape index (κ1) is 19.1. The highest BCUT2D eigenvalue weighted by molar-refractivity contribution is 5.87. The highest BCUT2D eigenvalue weighted by atomic mass is 19.3. The molecule has 0 spiro atoms. The summed E-state index contributed by atoms with van der Waals surface area (Å²) in [5, 5.41) is 11.7. The number of aliphatic carboxylic acids is 1. The number of carboxylic acids is 1. The van der Waals surface area contributed by atoms with Crippen molar-refractivity contribution in [3.05, 3.63) is 29.8 Å². The van der Waals surface area contributed by atoms with Crippen LogP contribution in [-0.4, -0.2) is 29.1 Å². The zero-order chi connectivity index (χ0) is 18.7. The second-order valence-corrected chi connectivity index (χ2v) is 6.51. The standard InChI is InChI=1S/C18H23F2NO4/c1-3-25-14-10-5-4-8-12(14)18(19,20)16(24)21-17(2)11-7-6-9-13(17)15(22)23/h4-5,8,10,13H,3,6-7,9,11H2,1-2H3,(H,21,24)(H,22,23). The summed E-state index contributed by atoms with van der Waals surface area (Å²) < 4.78 is 34.7. The normalized spacial score (nSPS) is 23.8. The molecule has 0 heterocycles. The maximum atomic E-state index is 14.7. The van der Waals surface area contributed by atoms with Gasteiger partial charge in [-0.3, -0.25) is 9.59 Å². The summed E-state index contributed by atoms with van der Waals surface area (Å²) in [6.07, 6.45) is 2.08. The third kappa shape index (κ3) is 3.91. The molecule has 1 amide bonds. The second-order valence-electron chi connectivity index (χ2n) is 6.51. The summed E-state index contributed by atoms with van der Waals surface area (Å²) in [5.41, 5.74) is -1.73. The van der Waals surface area contributed by atoms with Crippen LogP contribution in [-0.2, 0) is 15.5 Å². The van der Waals surface area contributed by atoms with Crippen LogP contribution in [0.5, 0.6) is 5.75 Å². The molecular formula is C18H23F2NO4. The third-order valence-electron chi connectivity index (χ3n) is 4.72. The van der Waals surface area contributed by atoms with Crippen molar-refractivity contribution in [3.8, 4) is 5.75 Å². The minimum atomic E-state index is -3.82. The SMILES string of the molecule is CCOc1ccccc1C(F)(F)C(=O)NC1(C)CCCCC1C(=O)O. The highest BCUT2D eigenvalue weighted by Gasteiger charge is 2.49. The molecule has 2 atom stereocenters. The number of amides is 1. The lowest BCUT2D eigenvalue weighted by Gasteiger charge is -2.40. The molecular weight excluding hydrogens is 332 g/mol. The van der Waals surface area contributed by atoms with Crippen molar-refractivity contribution in [2.24, 2.45) is 5.92 Å². The highest BCUT2D eigenvalue weighted by Crippen LogP contribution is 2.38. The number of carbonyl (C=O) groups is 2. The van der Waals surface area contributed by atoms with E-state index in [1.807, 2.05) is 0 Å². The van der Waals surface area contributed by atoms with Gasteiger partial charge in [-0.1, -0.05) is 25.0 Å². The predicted octanol–water partition coefficient (Wildman–Crippen LogP) is 3.33. The lowest BCUT2D eigenvalue weighted by molar-refractivity contribution is -0.154. The van der Waals surface area contributed by atoms with Crippen LogP contribution in [0.4, 0.5) is 8.78 Å². The van der Waals surface area contributed by atoms with Gasteiger partial charge in [0.25, 0.3) is 5.91 Å². The number of ether oxygens (including phenoxy) is 1. The zero-order valence-electron chi connectivity index (χ0n) is 14.4. The number of benzene rings is 1. The molecule has 1 aliphatic rings. The Bertz CT molecular complexity index is 650. The molecule has 1 aliphatic carbocycles. The van der Waals surface area contributed by atoms with Gasteiger partial charge in [-0.15, -0.1) is 0 Å². The molecule has 2 N–H and O–H groups in total. The van der Waals surface area contributed by atoms with Gasteiger partial charge in [0.05, 0.1) is 23.6 Å². The van der Waals surface area contributed by atoms with Crippen molar-refractivity contribution in [1.29, 1.82) is 0 Å². The van der Waals surface area contributed by atoms with Gasteiger partial charge < -0.3 is 15.2 Å². The summed E-state index contributed by atoms with van der Waals surface area (Å²) in [5.74, 6) is -7.36. The van der Waals surface area contributed by atoms with E-state index >= 15 is 0 Å². The van der Waals surface area contributed by atoms with E-state index in [0.717, 1.165) is 6.07 Å². The van der Waals surface area contributed by atoms with Crippen molar-refractivity contribution in [2.45, 2.75) is 51.0 Å². The molecule has 0 aromatic heterocycles. The Morgan fingerprint density at radius 3 is 2.68 bits per heavy atom. The fourth-order valence-corrected chi connectivity index (χ4v) is 3.35. The van der Waals surface area contributed by atoms with Crippen molar-refractivity contribution in [1.82, 2.24) is 5.32 Å². The molecule has 1 fully saturated rings. The largest absolute Gasteiger partial charge is 0.493 e. The topological polar surface area (TPSA) is 75.6 Å². The lowest BCUT2D eigenvalue weighted by Crippen LogP contribution is -2.58. The van der Waals surface area contributed by atoms with E-state index in [4.69, 9.17) is 4.74 Å². The van der Waals surface area contributed by atoms with Crippen LogP contribution < -0.4 is 10.1 Å².